The lowest BCUT2D eigenvalue weighted by molar-refractivity contribution is -0.148. The quantitative estimate of drug-likeness (QED) is 0.496. The molecule has 0 bridgehead atoms. The van der Waals surface area contributed by atoms with Gasteiger partial charge in [0.05, 0.1) is 7.11 Å². The van der Waals surface area contributed by atoms with Crippen LogP contribution in [0.4, 0.5) is 0 Å². The van der Waals surface area contributed by atoms with E-state index < -0.39 is 5.54 Å². The van der Waals surface area contributed by atoms with E-state index in [0.29, 0.717) is 5.92 Å². The Hall–Kier alpha value is -0.260. The van der Waals surface area contributed by atoms with Crippen LogP contribution in [0.3, 0.4) is 0 Å². The molecule has 18 heavy (non-hydrogen) atoms. The molecule has 0 rings (SSSR count). The predicted molar refractivity (Wildman–Crippen MR) is 76.9 cm³/mol. The summed E-state index contributed by atoms with van der Waals surface area (Å²) in [7, 11) is 1.42. The van der Waals surface area contributed by atoms with Crippen LogP contribution < -0.4 is 5.32 Å². The van der Waals surface area contributed by atoms with Gasteiger partial charge in [0.2, 0.25) is 0 Å². The van der Waals surface area contributed by atoms with Gasteiger partial charge < -0.3 is 9.84 Å². The van der Waals surface area contributed by atoms with Gasteiger partial charge >= 0.3 is 5.97 Å². The van der Waals surface area contributed by atoms with E-state index in [1.807, 2.05) is 27.7 Å². The lowest BCUT2D eigenvalue weighted by Gasteiger charge is -2.30. The second-order valence-electron chi connectivity index (χ2n) is 5.24. The minimum atomic E-state index is -0.627. The Morgan fingerprint density at radius 2 is 2.06 bits per heavy atom. The molecule has 2 atom stereocenters. The fraction of sp³-hybridized carbons (Fsp3) is 0.923. The fourth-order valence-electron chi connectivity index (χ4n) is 1.71. The molecule has 0 fully saturated rings. The molecule has 0 aromatic heterocycles. The Morgan fingerprint density at radius 1 is 1.44 bits per heavy atom. The smallest absolute Gasteiger partial charge is 0.325 e. The Labute approximate surface area is 115 Å². The monoisotopic (exact) mass is 277 g/mol. The molecule has 0 saturated carbocycles. The van der Waals surface area contributed by atoms with Crippen LogP contribution in [0.15, 0.2) is 0 Å². The first-order valence-corrected chi connectivity index (χ1v) is 7.56. The van der Waals surface area contributed by atoms with Gasteiger partial charge in [0.15, 0.2) is 0 Å². The standard InChI is InChI=1S/C13H27NO3S/c1-10(2)14-13(4,12(16)17-5)6-7-18-9-11(3)8-15/h10-11,14-15H,6-9H2,1-5H3. The van der Waals surface area contributed by atoms with E-state index >= 15 is 0 Å². The number of hydrogen-bond donors (Lipinski definition) is 2. The number of methoxy groups -OCH3 is 1. The number of carbonyl (C=O) groups excluding carboxylic acids is 1. The molecule has 2 N–H and O–H groups in total. The third-order valence-corrected chi connectivity index (χ3v) is 4.00. The molecule has 2 unspecified atom stereocenters. The highest BCUT2D eigenvalue weighted by Crippen LogP contribution is 2.18. The van der Waals surface area contributed by atoms with Crippen LogP contribution in [0, 0.1) is 5.92 Å². The van der Waals surface area contributed by atoms with Gasteiger partial charge in [-0.1, -0.05) is 6.92 Å². The average Bonchev–Trinajstić information content (AvgIpc) is 2.32. The number of carbonyl (C=O) groups is 1. The lowest BCUT2D eigenvalue weighted by atomic mass is 9.98. The number of esters is 1. The van der Waals surface area contributed by atoms with E-state index in [1.165, 1.54) is 7.11 Å². The maximum Gasteiger partial charge on any atom is 0.325 e. The van der Waals surface area contributed by atoms with Gasteiger partial charge in [-0.25, -0.2) is 0 Å². The number of rotatable bonds is 9. The fourth-order valence-corrected chi connectivity index (χ4v) is 2.94. The largest absolute Gasteiger partial charge is 0.468 e. The summed E-state index contributed by atoms with van der Waals surface area (Å²) in [5, 5.41) is 12.2. The van der Waals surface area contributed by atoms with Crippen molar-refractivity contribution < 1.29 is 14.6 Å². The molecule has 108 valence electrons. The molecular weight excluding hydrogens is 250 g/mol. The zero-order chi connectivity index (χ0) is 14.2. The van der Waals surface area contributed by atoms with E-state index in [9.17, 15) is 4.79 Å². The first-order valence-electron chi connectivity index (χ1n) is 6.40. The highest BCUT2D eigenvalue weighted by Gasteiger charge is 2.34. The second kappa shape index (κ2) is 8.77. The number of aliphatic hydroxyl groups is 1. The zero-order valence-electron chi connectivity index (χ0n) is 12.2. The van der Waals surface area contributed by atoms with Crippen molar-refractivity contribution in [3.05, 3.63) is 0 Å². The van der Waals surface area contributed by atoms with Gasteiger partial charge in [-0.2, -0.15) is 11.8 Å². The van der Waals surface area contributed by atoms with Crippen molar-refractivity contribution in [3.63, 3.8) is 0 Å². The molecule has 0 aliphatic carbocycles. The summed E-state index contributed by atoms with van der Waals surface area (Å²) in [6.45, 7) is 8.14. The van der Waals surface area contributed by atoms with Gasteiger partial charge in [0.25, 0.3) is 0 Å². The second-order valence-corrected chi connectivity index (χ2v) is 6.39. The Morgan fingerprint density at radius 3 is 2.50 bits per heavy atom. The summed E-state index contributed by atoms with van der Waals surface area (Å²) in [6.07, 6.45) is 0.723. The summed E-state index contributed by atoms with van der Waals surface area (Å²) < 4.78 is 4.86. The van der Waals surface area contributed by atoms with Crippen LogP contribution >= 0.6 is 11.8 Å². The van der Waals surface area contributed by atoms with Crippen LogP contribution in [-0.2, 0) is 9.53 Å². The molecule has 0 aliphatic rings. The van der Waals surface area contributed by atoms with Crippen LogP contribution in [-0.4, -0.2) is 47.9 Å². The van der Waals surface area contributed by atoms with Crippen molar-refractivity contribution in [2.75, 3.05) is 25.2 Å². The Kier molecular flexibility index (Phi) is 8.65. The van der Waals surface area contributed by atoms with Crippen molar-refractivity contribution in [2.24, 2.45) is 5.92 Å². The van der Waals surface area contributed by atoms with Gasteiger partial charge in [0, 0.05) is 12.6 Å². The number of thioether (sulfide) groups is 1. The normalized spacial score (nSPS) is 16.4. The van der Waals surface area contributed by atoms with Gasteiger partial charge in [0.1, 0.15) is 5.54 Å². The average molecular weight is 277 g/mol. The summed E-state index contributed by atoms with van der Waals surface area (Å²) >= 11 is 1.76. The highest BCUT2D eigenvalue weighted by molar-refractivity contribution is 7.99. The van der Waals surface area contributed by atoms with Crippen molar-refractivity contribution in [1.29, 1.82) is 0 Å². The van der Waals surface area contributed by atoms with Crippen molar-refractivity contribution in [3.8, 4) is 0 Å². The molecule has 0 amide bonds. The molecule has 0 radical (unpaired) electrons. The van der Waals surface area contributed by atoms with Gasteiger partial charge in [-0.3, -0.25) is 10.1 Å². The topological polar surface area (TPSA) is 58.6 Å². The van der Waals surface area contributed by atoms with Gasteiger partial charge in [-0.15, -0.1) is 0 Å². The number of aliphatic hydroxyl groups excluding tert-OH is 1. The van der Waals surface area contributed by atoms with Crippen LogP contribution in [0.5, 0.6) is 0 Å². The lowest BCUT2D eigenvalue weighted by Crippen LogP contribution is -2.53. The predicted octanol–water partition coefficient (Wildman–Crippen LogP) is 1.67. The van der Waals surface area contributed by atoms with E-state index in [4.69, 9.17) is 9.84 Å². The molecule has 0 spiro atoms. The third-order valence-electron chi connectivity index (χ3n) is 2.70. The summed E-state index contributed by atoms with van der Waals surface area (Å²) in [5.74, 6) is 1.87. The summed E-state index contributed by atoms with van der Waals surface area (Å²) in [4.78, 5) is 11.8. The van der Waals surface area contributed by atoms with Crippen molar-refractivity contribution in [1.82, 2.24) is 5.32 Å². The van der Waals surface area contributed by atoms with E-state index in [1.54, 1.807) is 11.8 Å². The Bertz CT molecular complexity index is 248. The van der Waals surface area contributed by atoms with Crippen LogP contribution in [0.1, 0.15) is 34.1 Å². The summed E-state index contributed by atoms with van der Waals surface area (Å²) in [5.41, 5.74) is -0.627. The number of ether oxygens (including phenoxy) is 1. The maximum atomic E-state index is 11.8. The zero-order valence-corrected chi connectivity index (χ0v) is 13.0. The van der Waals surface area contributed by atoms with Gasteiger partial charge in [-0.05, 0) is 44.6 Å². The number of nitrogens with one attached hydrogen (secondary N) is 1. The molecule has 0 aliphatic heterocycles. The third kappa shape index (κ3) is 6.61. The molecule has 4 nitrogen and oxygen atoms in total. The Balaban J connectivity index is 4.21. The molecule has 0 aromatic rings. The summed E-state index contributed by atoms with van der Waals surface area (Å²) in [6, 6.07) is 0.232. The highest BCUT2D eigenvalue weighted by atomic mass is 32.2. The van der Waals surface area contributed by atoms with Crippen molar-refractivity contribution in [2.45, 2.75) is 45.7 Å². The molecule has 0 heterocycles. The molecule has 0 saturated heterocycles. The molecule has 0 aromatic carbocycles. The molecular formula is C13H27NO3S. The maximum absolute atomic E-state index is 11.8. The molecule has 5 heteroatoms. The first kappa shape index (κ1) is 17.7. The minimum Gasteiger partial charge on any atom is -0.468 e. The SMILES string of the molecule is COC(=O)C(C)(CCSCC(C)CO)NC(C)C. The minimum absolute atomic E-state index is 0.214. The first-order chi connectivity index (χ1) is 8.35. The van der Waals surface area contributed by atoms with E-state index in [-0.39, 0.29) is 18.6 Å². The van der Waals surface area contributed by atoms with E-state index in [0.717, 1.165) is 17.9 Å². The van der Waals surface area contributed by atoms with Crippen LogP contribution in [0.2, 0.25) is 0 Å². The van der Waals surface area contributed by atoms with Crippen molar-refractivity contribution >= 4 is 17.7 Å². The number of hydrogen-bond acceptors (Lipinski definition) is 5. The van der Waals surface area contributed by atoms with E-state index in [2.05, 4.69) is 5.32 Å². The van der Waals surface area contributed by atoms with Crippen LogP contribution in [0.25, 0.3) is 0 Å².